The zero-order valence-corrected chi connectivity index (χ0v) is 24.0. The van der Waals surface area contributed by atoms with Gasteiger partial charge < -0.3 is 9.47 Å². The summed E-state index contributed by atoms with van der Waals surface area (Å²) in [5, 5.41) is 0. The molecule has 0 aliphatic heterocycles. The molecule has 0 unspecified atom stereocenters. The third-order valence-electron chi connectivity index (χ3n) is 8.75. The van der Waals surface area contributed by atoms with E-state index < -0.39 is 0 Å². The Morgan fingerprint density at radius 2 is 0.953 bits per heavy atom. The summed E-state index contributed by atoms with van der Waals surface area (Å²) in [6.07, 6.45) is 0. The van der Waals surface area contributed by atoms with Crippen LogP contribution in [0, 0.1) is 18.8 Å². The lowest BCUT2D eigenvalue weighted by Crippen LogP contribution is -2.26. The average molecular weight is 553 g/mol. The Kier molecular flexibility index (Phi) is 5.74. The molecule has 8 rings (SSSR count). The fourth-order valence-electron chi connectivity index (χ4n) is 6.86. The van der Waals surface area contributed by atoms with E-state index in [1.165, 1.54) is 50.1 Å². The highest BCUT2D eigenvalue weighted by molar-refractivity contribution is 5.95. The van der Waals surface area contributed by atoms with E-state index in [0.717, 1.165) is 28.4 Å². The molecule has 6 aromatic carbocycles. The zero-order chi connectivity index (χ0) is 29.0. The van der Waals surface area contributed by atoms with Crippen LogP contribution in [0.3, 0.4) is 0 Å². The maximum atomic E-state index is 6.49. The number of aryl methyl sites for hydroxylation is 1. The van der Waals surface area contributed by atoms with Crippen LogP contribution in [-0.4, -0.2) is 7.11 Å². The third-order valence-corrected chi connectivity index (χ3v) is 8.75. The summed E-state index contributed by atoms with van der Waals surface area (Å²) >= 11 is 0. The van der Waals surface area contributed by atoms with Gasteiger partial charge in [-0.3, -0.25) is 0 Å². The van der Waals surface area contributed by atoms with Crippen LogP contribution in [0.15, 0.2) is 133 Å². The van der Waals surface area contributed by atoms with Crippen molar-refractivity contribution >= 4 is 0 Å². The lowest BCUT2D eigenvalue weighted by atomic mass is 9.70. The van der Waals surface area contributed by atoms with Crippen LogP contribution in [-0.2, 0) is 5.41 Å². The molecule has 6 aromatic rings. The molecule has 2 heteroatoms. The molecule has 2 nitrogen and oxygen atoms in total. The molecule has 43 heavy (non-hydrogen) atoms. The van der Waals surface area contributed by atoms with Crippen molar-refractivity contribution in [3.63, 3.8) is 0 Å². The molecule has 0 saturated carbocycles. The fourth-order valence-corrected chi connectivity index (χ4v) is 6.86. The topological polar surface area (TPSA) is 18.5 Å². The van der Waals surface area contributed by atoms with Gasteiger partial charge in [0.1, 0.15) is 17.2 Å². The molecule has 0 radical (unpaired) electrons. The maximum absolute atomic E-state index is 6.49. The third kappa shape index (κ3) is 3.90. The van der Waals surface area contributed by atoms with Gasteiger partial charge in [-0.25, -0.2) is 0 Å². The Morgan fingerprint density at radius 1 is 0.465 bits per heavy atom. The first kappa shape index (κ1) is 25.2. The second-order valence-corrected chi connectivity index (χ2v) is 11.2. The SMILES string of the molecule is COc1ccc(C#Cc2ccc(Oc3ccc4c(c3)C3(c5ccccc5-c5ccccc53)c3cc(C)ccc3-4)cc2)cc1. The van der Waals surface area contributed by atoms with E-state index in [4.69, 9.17) is 9.47 Å². The second-order valence-electron chi connectivity index (χ2n) is 11.2. The number of fused-ring (bicyclic) bond motifs is 10. The highest BCUT2D eigenvalue weighted by Gasteiger charge is 2.51. The minimum absolute atomic E-state index is 0.385. The number of hydrogen-bond acceptors (Lipinski definition) is 2. The Bertz CT molecular complexity index is 2040. The van der Waals surface area contributed by atoms with Crippen molar-refractivity contribution in [2.24, 2.45) is 0 Å². The molecule has 2 aliphatic carbocycles. The quantitative estimate of drug-likeness (QED) is 0.203. The van der Waals surface area contributed by atoms with Crippen LogP contribution in [0.2, 0.25) is 0 Å². The number of methoxy groups -OCH3 is 1. The van der Waals surface area contributed by atoms with Gasteiger partial charge in [-0.15, -0.1) is 0 Å². The largest absolute Gasteiger partial charge is 0.497 e. The summed E-state index contributed by atoms with van der Waals surface area (Å²) in [4.78, 5) is 0. The van der Waals surface area contributed by atoms with Crippen molar-refractivity contribution in [1.29, 1.82) is 0 Å². The van der Waals surface area contributed by atoms with E-state index >= 15 is 0 Å². The van der Waals surface area contributed by atoms with E-state index in [0.29, 0.717) is 0 Å². The summed E-state index contributed by atoms with van der Waals surface area (Å²) in [6.45, 7) is 2.18. The first-order chi connectivity index (χ1) is 21.1. The lowest BCUT2D eigenvalue weighted by Gasteiger charge is -2.30. The van der Waals surface area contributed by atoms with Crippen molar-refractivity contribution in [2.45, 2.75) is 12.3 Å². The van der Waals surface area contributed by atoms with E-state index in [1.807, 2.05) is 48.5 Å². The van der Waals surface area contributed by atoms with Crippen molar-refractivity contribution in [3.05, 3.63) is 172 Å². The van der Waals surface area contributed by atoms with Crippen LogP contribution in [0.5, 0.6) is 17.2 Å². The van der Waals surface area contributed by atoms with Gasteiger partial charge in [0.2, 0.25) is 0 Å². The van der Waals surface area contributed by atoms with E-state index in [1.54, 1.807) is 7.11 Å². The highest BCUT2D eigenvalue weighted by Crippen LogP contribution is 2.63. The molecule has 0 heterocycles. The van der Waals surface area contributed by atoms with Crippen molar-refractivity contribution in [1.82, 2.24) is 0 Å². The molecule has 0 aromatic heterocycles. The number of hydrogen-bond donors (Lipinski definition) is 0. The van der Waals surface area contributed by atoms with Gasteiger partial charge in [-0.2, -0.15) is 0 Å². The highest BCUT2D eigenvalue weighted by atomic mass is 16.5. The predicted octanol–water partition coefficient (Wildman–Crippen LogP) is 9.54. The molecule has 204 valence electrons. The first-order valence-corrected chi connectivity index (χ1v) is 14.5. The van der Waals surface area contributed by atoms with E-state index in [-0.39, 0.29) is 5.41 Å². The predicted molar refractivity (Wildman–Crippen MR) is 173 cm³/mol. The van der Waals surface area contributed by atoms with Gasteiger partial charge in [-0.1, -0.05) is 90.2 Å². The molecule has 0 fully saturated rings. The number of rotatable bonds is 3. The Balaban J connectivity index is 1.19. The van der Waals surface area contributed by atoms with Gasteiger partial charge >= 0.3 is 0 Å². The smallest absolute Gasteiger partial charge is 0.127 e. The van der Waals surface area contributed by atoms with Crippen molar-refractivity contribution in [3.8, 4) is 51.3 Å². The normalized spacial score (nSPS) is 12.9. The fraction of sp³-hybridized carbons (Fsp3) is 0.0732. The second kappa shape index (κ2) is 9.79. The lowest BCUT2D eigenvalue weighted by molar-refractivity contribution is 0.415. The van der Waals surface area contributed by atoms with Crippen molar-refractivity contribution < 1.29 is 9.47 Å². The molecule has 0 bridgehead atoms. The minimum atomic E-state index is -0.385. The van der Waals surface area contributed by atoms with Crippen LogP contribution < -0.4 is 9.47 Å². The summed E-state index contributed by atoms with van der Waals surface area (Å²) < 4.78 is 11.7. The summed E-state index contributed by atoms with van der Waals surface area (Å²) in [5.74, 6) is 8.89. The number of ether oxygens (including phenoxy) is 2. The maximum Gasteiger partial charge on any atom is 0.127 e. The van der Waals surface area contributed by atoms with Crippen molar-refractivity contribution in [2.75, 3.05) is 7.11 Å². The zero-order valence-electron chi connectivity index (χ0n) is 24.0. The van der Waals surface area contributed by atoms with Gasteiger partial charge in [0.25, 0.3) is 0 Å². The Morgan fingerprint density at radius 3 is 1.56 bits per heavy atom. The Labute approximate surface area is 252 Å². The molecule has 0 saturated heterocycles. The molecule has 0 atom stereocenters. The summed E-state index contributed by atoms with van der Waals surface area (Å²) in [5.41, 5.74) is 13.2. The molecular weight excluding hydrogens is 524 g/mol. The first-order valence-electron chi connectivity index (χ1n) is 14.5. The molecule has 0 amide bonds. The molecular formula is C41H28O2. The minimum Gasteiger partial charge on any atom is -0.497 e. The molecule has 0 N–H and O–H groups in total. The van der Waals surface area contributed by atoms with E-state index in [2.05, 4.69) is 104 Å². The molecule has 1 spiro atoms. The van der Waals surface area contributed by atoms with Crippen LogP contribution in [0.25, 0.3) is 22.3 Å². The van der Waals surface area contributed by atoms with Gasteiger partial charge in [0, 0.05) is 11.1 Å². The van der Waals surface area contributed by atoms with Crippen LogP contribution in [0.4, 0.5) is 0 Å². The van der Waals surface area contributed by atoms with Gasteiger partial charge in [-0.05, 0) is 112 Å². The standard InChI is InChI=1S/C41H28O2/c1-27-11-23-35-36-24-22-32(43-31-20-16-29(17-21-31)13-12-28-14-18-30(42-2)19-15-28)26-40(36)41(39(35)25-27)37-9-5-3-7-33(37)34-8-4-6-10-38(34)41/h3-11,14-26H,1-2H3. The van der Waals surface area contributed by atoms with Gasteiger partial charge in [0.15, 0.2) is 0 Å². The van der Waals surface area contributed by atoms with Crippen LogP contribution in [0.1, 0.15) is 38.9 Å². The average Bonchev–Trinajstić information content (AvgIpc) is 3.51. The Hall–Kier alpha value is -5.52. The van der Waals surface area contributed by atoms with E-state index in [9.17, 15) is 0 Å². The summed E-state index contributed by atoms with van der Waals surface area (Å²) in [6, 6.07) is 46.9. The molecule has 2 aliphatic rings. The number of benzene rings is 6. The summed E-state index contributed by atoms with van der Waals surface area (Å²) in [7, 11) is 1.66. The monoisotopic (exact) mass is 552 g/mol. The van der Waals surface area contributed by atoms with Crippen LogP contribution >= 0.6 is 0 Å². The van der Waals surface area contributed by atoms with Gasteiger partial charge in [0.05, 0.1) is 12.5 Å².